The first kappa shape index (κ1) is 12.3. The molecule has 0 aliphatic heterocycles. The van der Waals surface area contributed by atoms with Crippen LogP contribution in [0.25, 0.3) is 6.08 Å². The summed E-state index contributed by atoms with van der Waals surface area (Å²) in [6.07, 6.45) is 3.34. The van der Waals surface area contributed by atoms with Crippen LogP contribution in [0, 0.1) is 0 Å². The summed E-state index contributed by atoms with van der Waals surface area (Å²) in [6, 6.07) is 4.95. The van der Waals surface area contributed by atoms with E-state index in [4.69, 9.17) is 9.84 Å². The van der Waals surface area contributed by atoms with Crippen LogP contribution in [-0.2, 0) is 16.1 Å². The first-order chi connectivity index (χ1) is 7.65. The Balaban J connectivity index is 2.73. The number of rotatable bonds is 4. The van der Waals surface area contributed by atoms with Crippen LogP contribution in [0.5, 0.6) is 5.75 Å². The lowest BCUT2D eigenvalue weighted by Gasteiger charge is -2.04. The molecule has 86 valence electrons. The number of esters is 1. The van der Waals surface area contributed by atoms with Crippen molar-refractivity contribution >= 4 is 12.0 Å². The van der Waals surface area contributed by atoms with Gasteiger partial charge >= 0.3 is 5.97 Å². The van der Waals surface area contributed by atoms with Crippen molar-refractivity contribution in [2.45, 2.75) is 13.5 Å². The van der Waals surface area contributed by atoms with Crippen molar-refractivity contribution in [3.8, 4) is 5.75 Å². The van der Waals surface area contributed by atoms with Crippen LogP contribution in [0.1, 0.15) is 18.1 Å². The van der Waals surface area contributed by atoms with Crippen LogP contribution in [0.4, 0.5) is 0 Å². The summed E-state index contributed by atoms with van der Waals surface area (Å²) in [5.74, 6) is -0.292. The molecule has 0 aliphatic rings. The third-order valence-corrected chi connectivity index (χ3v) is 2.03. The van der Waals surface area contributed by atoms with Gasteiger partial charge in [0.15, 0.2) is 0 Å². The number of benzene rings is 1. The smallest absolute Gasteiger partial charge is 0.302 e. The largest absolute Gasteiger partial charge is 0.508 e. The Bertz CT molecular complexity index is 396. The van der Waals surface area contributed by atoms with Crippen LogP contribution in [0.15, 0.2) is 24.3 Å². The lowest BCUT2D eigenvalue weighted by molar-refractivity contribution is -0.139. The zero-order valence-corrected chi connectivity index (χ0v) is 9.01. The third kappa shape index (κ3) is 3.40. The molecule has 2 N–H and O–H groups in total. The van der Waals surface area contributed by atoms with Crippen LogP contribution >= 0.6 is 0 Å². The van der Waals surface area contributed by atoms with E-state index in [1.165, 1.54) is 13.0 Å². The van der Waals surface area contributed by atoms with Gasteiger partial charge in [0.2, 0.25) is 0 Å². The standard InChI is InChI=1S/C12H14O4/c1-9(14)16-7-3-5-10-4-2-6-12(15)11(10)8-13/h2-6,13,15H,7-8H2,1H3. The molecule has 1 aromatic rings. The quantitative estimate of drug-likeness (QED) is 0.757. The van der Waals surface area contributed by atoms with Crippen LogP contribution in [-0.4, -0.2) is 22.8 Å². The molecule has 0 bridgehead atoms. The normalized spacial score (nSPS) is 10.6. The predicted molar refractivity (Wildman–Crippen MR) is 59.7 cm³/mol. The zero-order chi connectivity index (χ0) is 12.0. The monoisotopic (exact) mass is 222 g/mol. The predicted octanol–water partition coefficient (Wildman–Crippen LogP) is 1.46. The van der Waals surface area contributed by atoms with Crippen molar-refractivity contribution in [1.29, 1.82) is 0 Å². The van der Waals surface area contributed by atoms with Crippen molar-refractivity contribution in [2.75, 3.05) is 6.61 Å². The van der Waals surface area contributed by atoms with Crippen LogP contribution in [0.2, 0.25) is 0 Å². The van der Waals surface area contributed by atoms with Gasteiger partial charge in [-0.2, -0.15) is 0 Å². The first-order valence-electron chi connectivity index (χ1n) is 4.86. The summed E-state index contributed by atoms with van der Waals surface area (Å²) >= 11 is 0. The Morgan fingerprint density at radius 2 is 2.25 bits per heavy atom. The molecule has 0 fully saturated rings. The number of phenols is 1. The van der Waals surface area contributed by atoms with E-state index in [0.717, 1.165) is 0 Å². The molecule has 0 unspecified atom stereocenters. The fourth-order valence-corrected chi connectivity index (χ4v) is 1.26. The molecule has 1 rings (SSSR count). The highest BCUT2D eigenvalue weighted by Gasteiger charge is 2.03. The molecule has 0 saturated heterocycles. The van der Waals surface area contributed by atoms with Gasteiger partial charge in [-0.15, -0.1) is 0 Å². The molecule has 0 spiro atoms. The van der Waals surface area contributed by atoms with E-state index in [-0.39, 0.29) is 24.9 Å². The Morgan fingerprint density at radius 3 is 2.88 bits per heavy atom. The Kier molecular flexibility index (Phi) is 4.54. The highest BCUT2D eigenvalue weighted by Crippen LogP contribution is 2.21. The van der Waals surface area contributed by atoms with Gasteiger partial charge < -0.3 is 14.9 Å². The van der Waals surface area contributed by atoms with Gasteiger partial charge in [-0.25, -0.2) is 0 Å². The second-order valence-corrected chi connectivity index (χ2v) is 3.21. The second-order valence-electron chi connectivity index (χ2n) is 3.21. The lowest BCUT2D eigenvalue weighted by Crippen LogP contribution is -1.97. The van der Waals surface area contributed by atoms with Gasteiger partial charge in [0.25, 0.3) is 0 Å². The Morgan fingerprint density at radius 1 is 1.50 bits per heavy atom. The number of ether oxygens (including phenoxy) is 1. The minimum atomic E-state index is -0.344. The summed E-state index contributed by atoms with van der Waals surface area (Å²) in [6.45, 7) is 1.27. The Labute approximate surface area is 93.8 Å². The molecule has 16 heavy (non-hydrogen) atoms. The molecule has 1 aromatic carbocycles. The molecular weight excluding hydrogens is 208 g/mol. The topological polar surface area (TPSA) is 66.8 Å². The minimum Gasteiger partial charge on any atom is -0.508 e. The molecule has 0 heterocycles. The van der Waals surface area contributed by atoms with E-state index in [1.807, 2.05) is 0 Å². The van der Waals surface area contributed by atoms with Gasteiger partial charge in [-0.05, 0) is 17.7 Å². The van der Waals surface area contributed by atoms with Crippen molar-refractivity contribution in [3.05, 3.63) is 35.4 Å². The number of aliphatic hydroxyl groups is 1. The summed E-state index contributed by atoms with van der Waals surface area (Å²) in [7, 11) is 0. The molecule has 4 heteroatoms. The average molecular weight is 222 g/mol. The Hall–Kier alpha value is -1.81. The average Bonchev–Trinajstić information content (AvgIpc) is 2.24. The molecule has 4 nitrogen and oxygen atoms in total. The molecule has 0 atom stereocenters. The highest BCUT2D eigenvalue weighted by atomic mass is 16.5. The van der Waals surface area contributed by atoms with Crippen molar-refractivity contribution in [1.82, 2.24) is 0 Å². The maximum absolute atomic E-state index is 10.5. The summed E-state index contributed by atoms with van der Waals surface area (Å²) < 4.78 is 4.72. The van der Waals surface area contributed by atoms with Gasteiger partial charge in [0.05, 0.1) is 6.61 Å². The maximum Gasteiger partial charge on any atom is 0.302 e. The van der Waals surface area contributed by atoms with Gasteiger partial charge in [-0.1, -0.05) is 18.2 Å². The number of hydrogen-bond acceptors (Lipinski definition) is 4. The molecule has 0 amide bonds. The number of hydrogen-bond donors (Lipinski definition) is 2. The molecule has 0 aliphatic carbocycles. The molecule has 0 radical (unpaired) electrons. The highest BCUT2D eigenvalue weighted by molar-refractivity contribution is 5.66. The van der Waals surface area contributed by atoms with E-state index in [1.54, 1.807) is 24.3 Å². The summed E-state index contributed by atoms with van der Waals surface area (Å²) in [4.78, 5) is 10.5. The van der Waals surface area contributed by atoms with Crippen LogP contribution < -0.4 is 0 Å². The van der Waals surface area contributed by atoms with E-state index in [2.05, 4.69) is 0 Å². The fraction of sp³-hybridized carbons (Fsp3) is 0.250. The van der Waals surface area contributed by atoms with E-state index >= 15 is 0 Å². The lowest BCUT2D eigenvalue weighted by atomic mass is 10.1. The van der Waals surface area contributed by atoms with Crippen molar-refractivity contribution < 1.29 is 19.7 Å². The second kappa shape index (κ2) is 5.92. The van der Waals surface area contributed by atoms with Gasteiger partial charge in [-0.3, -0.25) is 4.79 Å². The zero-order valence-electron chi connectivity index (χ0n) is 9.01. The number of aliphatic hydroxyl groups excluding tert-OH is 1. The first-order valence-corrected chi connectivity index (χ1v) is 4.86. The molecule has 0 aromatic heterocycles. The van der Waals surface area contributed by atoms with E-state index in [0.29, 0.717) is 11.1 Å². The van der Waals surface area contributed by atoms with Crippen LogP contribution in [0.3, 0.4) is 0 Å². The number of aromatic hydroxyl groups is 1. The molecular formula is C12H14O4. The fourth-order valence-electron chi connectivity index (χ4n) is 1.26. The maximum atomic E-state index is 10.5. The number of carbonyl (C=O) groups is 1. The van der Waals surface area contributed by atoms with Gasteiger partial charge in [0, 0.05) is 12.5 Å². The van der Waals surface area contributed by atoms with Crippen molar-refractivity contribution in [3.63, 3.8) is 0 Å². The summed E-state index contributed by atoms with van der Waals surface area (Å²) in [5, 5.41) is 18.5. The minimum absolute atomic E-state index is 0.0529. The molecule has 0 saturated carbocycles. The van der Waals surface area contributed by atoms with Gasteiger partial charge in [0.1, 0.15) is 12.4 Å². The van der Waals surface area contributed by atoms with Crippen molar-refractivity contribution in [2.24, 2.45) is 0 Å². The van der Waals surface area contributed by atoms with E-state index < -0.39 is 0 Å². The summed E-state index contributed by atoms with van der Waals surface area (Å²) in [5.41, 5.74) is 1.16. The third-order valence-electron chi connectivity index (χ3n) is 2.03. The van der Waals surface area contributed by atoms with E-state index in [9.17, 15) is 9.90 Å². The SMILES string of the molecule is CC(=O)OCC=Cc1cccc(O)c1CO. The number of carbonyl (C=O) groups excluding carboxylic acids is 1.